The molecule has 2 amide bonds. The van der Waals surface area contributed by atoms with Gasteiger partial charge < -0.3 is 5.73 Å². The van der Waals surface area contributed by atoms with Gasteiger partial charge in [-0.15, -0.1) is 0 Å². The van der Waals surface area contributed by atoms with Gasteiger partial charge in [0.15, 0.2) is 0 Å². The Morgan fingerprint density at radius 1 is 1.42 bits per heavy atom. The molecule has 0 bridgehead atoms. The van der Waals surface area contributed by atoms with E-state index in [0.29, 0.717) is 13.0 Å². The Morgan fingerprint density at radius 3 is 2.50 bits per heavy atom. The molecule has 0 spiro atoms. The Labute approximate surface area is 71.7 Å². The molecular weight excluding hydrogens is 180 g/mol. The van der Waals surface area contributed by atoms with Crippen molar-refractivity contribution in [2.75, 3.05) is 6.54 Å². The number of carbonyl (C=O) groups excluding carboxylic acids is 1. The predicted molar refractivity (Wildman–Crippen MR) is 44.1 cm³/mol. The number of piperidine rings is 1. The molecule has 1 aliphatic rings. The second-order valence-electron chi connectivity index (χ2n) is 2.58. The Morgan fingerprint density at radius 2 is 2.08 bits per heavy atom. The number of hydrogen-bond donors (Lipinski definition) is 1. The van der Waals surface area contributed by atoms with Crippen molar-refractivity contribution in [3.8, 4) is 0 Å². The first kappa shape index (κ1) is 9.05. The molecule has 0 radical (unpaired) electrons. The minimum atomic E-state index is -2.31. The zero-order valence-electron chi connectivity index (χ0n) is 6.49. The van der Waals surface area contributed by atoms with Gasteiger partial charge in [0.2, 0.25) is 10.3 Å². The Balaban J connectivity index is 2.97. The molecule has 1 heterocycles. The molecule has 1 aliphatic heterocycles. The molecule has 6 heteroatoms. The number of nitrogens with zero attached hydrogens (tertiary/aromatic N) is 1. The summed E-state index contributed by atoms with van der Waals surface area (Å²) in [6, 6.07) is -0.686. The van der Waals surface area contributed by atoms with E-state index >= 15 is 0 Å². The number of hydrogen-bond acceptors (Lipinski definition) is 3. The highest BCUT2D eigenvalue weighted by Crippen LogP contribution is 2.10. The Hall–Kier alpha value is -1.04. The van der Waals surface area contributed by atoms with Crippen LogP contribution >= 0.6 is 0 Å². The summed E-state index contributed by atoms with van der Waals surface area (Å²) < 4.78 is 21.2. The molecular formula is C6H10N2O3S. The van der Waals surface area contributed by atoms with Gasteiger partial charge in [-0.05, 0) is 12.8 Å². The topological polar surface area (TPSA) is 80.5 Å². The van der Waals surface area contributed by atoms with E-state index in [0.717, 1.165) is 17.7 Å². The van der Waals surface area contributed by atoms with E-state index in [-0.39, 0.29) is 4.99 Å². The van der Waals surface area contributed by atoms with Crippen molar-refractivity contribution >= 4 is 21.3 Å². The lowest BCUT2D eigenvalue weighted by Crippen LogP contribution is -2.43. The standard InChI is InChI=1S/C6H10N2O3S/c7-6(9)8-4-2-1-3-5(8)12(10)11/h1-4H2,(H2,7,9). The number of primary amides is 1. The number of nitrogens with two attached hydrogens (primary N) is 1. The van der Waals surface area contributed by atoms with E-state index in [4.69, 9.17) is 5.73 Å². The van der Waals surface area contributed by atoms with Gasteiger partial charge in [-0.25, -0.2) is 4.79 Å². The van der Waals surface area contributed by atoms with E-state index in [1.807, 2.05) is 0 Å². The first-order valence-corrected chi connectivity index (χ1v) is 4.72. The highest BCUT2D eigenvalue weighted by atomic mass is 32.2. The van der Waals surface area contributed by atoms with Crippen LogP contribution < -0.4 is 5.73 Å². The first-order valence-electron chi connectivity index (χ1n) is 3.65. The SMILES string of the molecule is NC(=O)N1CCCCC1=S(=O)=O. The number of carbonyl (C=O) groups is 1. The van der Waals surface area contributed by atoms with Gasteiger partial charge in [0.05, 0.1) is 0 Å². The highest BCUT2D eigenvalue weighted by Gasteiger charge is 2.21. The van der Waals surface area contributed by atoms with Crippen LogP contribution in [0, 0.1) is 0 Å². The van der Waals surface area contributed by atoms with Crippen LogP contribution in [0.4, 0.5) is 4.79 Å². The molecule has 0 unspecified atom stereocenters. The number of likely N-dealkylation sites (tertiary alicyclic amines) is 1. The van der Waals surface area contributed by atoms with E-state index in [1.165, 1.54) is 0 Å². The molecule has 1 saturated heterocycles. The number of rotatable bonds is 0. The fraction of sp³-hybridized carbons (Fsp3) is 0.667. The average molecular weight is 190 g/mol. The molecule has 0 aromatic rings. The van der Waals surface area contributed by atoms with Crippen molar-refractivity contribution in [1.29, 1.82) is 0 Å². The van der Waals surface area contributed by atoms with Gasteiger partial charge in [0.25, 0.3) is 0 Å². The van der Waals surface area contributed by atoms with Crippen LogP contribution in [0.15, 0.2) is 0 Å². The van der Waals surface area contributed by atoms with E-state index in [2.05, 4.69) is 0 Å². The van der Waals surface area contributed by atoms with Crippen molar-refractivity contribution in [3.05, 3.63) is 0 Å². The van der Waals surface area contributed by atoms with Gasteiger partial charge >= 0.3 is 6.03 Å². The normalized spacial score (nSPS) is 17.7. The largest absolute Gasteiger partial charge is 0.351 e. The third-order valence-corrected chi connectivity index (χ3v) is 2.59. The van der Waals surface area contributed by atoms with Gasteiger partial charge in [0, 0.05) is 13.0 Å². The lowest BCUT2D eigenvalue weighted by Gasteiger charge is -2.24. The summed E-state index contributed by atoms with van der Waals surface area (Å²) in [6.07, 6.45) is 2.02. The van der Waals surface area contributed by atoms with Gasteiger partial charge in [-0.3, -0.25) is 4.90 Å². The van der Waals surface area contributed by atoms with Crippen molar-refractivity contribution in [2.24, 2.45) is 5.73 Å². The minimum Gasteiger partial charge on any atom is -0.351 e. The molecule has 0 aliphatic carbocycles. The van der Waals surface area contributed by atoms with Crippen LogP contribution in [-0.2, 0) is 10.3 Å². The first-order chi connectivity index (χ1) is 5.63. The van der Waals surface area contributed by atoms with Gasteiger partial charge in [0.1, 0.15) is 4.99 Å². The predicted octanol–water partition coefficient (Wildman–Crippen LogP) is -0.440. The maximum Gasteiger partial charge on any atom is 0.319 e. The molecule has 1 fully saturated rings. The summed E-state index contributed by atoms with van der Waals surface area (Å²) in [5.41, 5.74) is 4.99. The summed E-state index contributed by atoms with van der Waals surface area (Å²) in [5.74, 6) is 0. The smallest absolute Gasteiger partial charge is 0.319 e. The van der Waals surface area contributed by atoms with Crippen LogP contribution in [0.5, 0.6) is 0 Å². The Kier molecular flexibility index (Phi) is 2.69. The molecule has 2 N–H and O–H groups in total. The van der Waals surface area contributed by atoms with Crippen LogP contribution in [-0.4, -0.2) is 30.9 Å². The summed E-state index contributed by atoms with van der Waals surface area (Å²) in [6.45, 7) is 0.415. The lowest BCUT2D eigenvalue weighted by molar-refractivity contribution is 0.227. The molecule has 5 nitrogen and oxygen atoms in total. The highest BCUT2D eigenvalue weighted by molar-refractivity contribution is 7.72. The van der Waals surface area contributed by atoms with Gasteiger partial charge in [-0.1, -0.05) is 0 Å². The van der Waals surface area contributed by atoms with E-state index in [9.17, 15) is 13.2 Å². The second kappa shape index (κ2) is 3.57. The third-order valence-electron chi connectivity index (χ3n) is 1.78. The van der Waals surface area contributed by atoms with Crippen LogP contribution in [0.2, 0.25) is 0 Å². The number of urea groups is 1. The van der Waals surface area contributed by atoms with Crippen molar-refractivity contribution in [3.63, 3.8) is 0 Å². The summed E-state index contributed by atoms with van der Waals surface area (Å²) in [5, 5.41) is 0. The maximum atomic E-state index is 10.7. The third kappa shape index (κ3) is 1.76. The van der Waals surface area contributed by atoms with Crippen molar-refractivity contribution < 1.29 is 13.2 Å². The summed E-state index contributed by atoms with van der Waals surface area (Å²) in [4.78, 5) is 12.0. The molecule has 0 atom stereocenters. The molecule has 0 aromatic carbocycles. The second-order valence-corrected chi connectivity index (χ2v) is 3.52. The summed E-state index contributed by atoms with van der Waals surface area (Å²) >= 11 is 0. The monoisotopic (exact) mass is 190 g/mol. The summed E-state index contributed by atoms with van der Waals surface area (Å²) in [7, 11) is -2.31. The molecule has 68 valence electrons. The van der Waals surface area contributed by atoms with E-state index < -0.39 is 16.3 Å². The lowest BCUT2D eigenvalue weighted by atomic mass is 10.1. The molecule has 0 saturated carbocycles. The van der Waals surface area contributed by atoms with Crippen LogP contribution in [0.1, 0.15) is 19.3 Å². The molecule has 0 aromatic heterocycles. The van der Waals surface area contributed by atoms with Crippen molar-refractivity contribution in [1.82, 2.24) is 4.90 Å². The maximum absolute atomic E-state index is 10.7. The number of amides is 2. The Bertz CT molecular complexity index is 312. The van der Waals surface area contributed by atoms with Crippen LogP contribution in [0.3, 0.4) is 0 Å². The molecule has 1 rings (SSSR count). The fourth-order valence-electron chi connectivity index (χ4n) is 1.21. The minimum absolute atomic E-state index is 0.119. The zero-order chi connectivity index (χ0) is 9.14. The molecule has 12 heavy (non-hydrogen) atoms. The van der Waals surface area contributed by atoms with Crippen molar-refractivity contribution in [2.45, 2.75) is 19.3 Å². The van der Waals surface area contributed by atoms with E-state index in [1.54, 1.807) is 0 Å². The fourth-order valence-corrected chi connectivity index (χ4v) is 1.88. The quantitative estimate of drug-likeness (QED) is 0.526. The zero-order valence-corrected chi connectivity index (χ0v) is 7.30. The van der Waals surface area contributed by atoms with Crippen LogP contribution in [0.25, 0.3) is 0 Å². The van der Waals surface area contributed by atoms with Gasteiger partial charge in [-0.2, -0.15) is 8.42 Å². The average Bonchev–Trinajstić information content (AvgIpc) is 2.04.